The van der Waals surface area contributed by atoms with E-state index in [1.807, 2.05) is 12.1 Å². The number of allylic oxidation sites excluding steroid dienone is 2. The topological polar surface area (TPSA) is 132 Å². The van der Waals surface area contributed by atoms with Gasteiger partial charge in [0.2, 0.25) is 17.2 Å². The molecule has 40 heavy (non-hydrogen) atoms. The number of H-pyrrole nitrogens is 1. The van der Waals surface area contributed by atoms with Gasteiger partial charge < -0.3 is 25.1 Å². The van der Waals surface area contributed by atoms with Crippen molar-refractivity contribution in [3.8, 4) is 5.88 Å². The van der Waals surface area contributed by atoms with Crippen molar-refractivity contribution in [2.75, 3.05) is 13.2 Å². The third-order valence-electron chi connectivity index (χ3n) is 8.40. The maximum Gasteiger partial charge on any atom is 0.313 e. The number of esters is 1. The number of halogens is 1. The number of amides is 1. The number of nitrogens with zero attached hydrogens (tertiary/aromatic N) is 1. The molecule has 5 rings (SSSR count). The van der Waals surface area contributed by atoms with Crippen LogP contribution in [0.1, 0.15) is 58.3 Å². The standard InChI is InChI=1S/C30H36BrN3O6/c1-2-39-29(38)30-15-18(30)10-6-4-3-5-7-12-21(32)28(37)34-17-19(14-23(34)24(35)16-30)40-27-25(31)26(36)20-11-8-9-13-22(20)33-27/h6,8-11,13,18-19,21,23H,2-5,7,12,14-17,32H2,1H3,(H,33,36)/b10-6-/t18-,19-,21+,23+,30-/m1/s1. The number of nitrogens with one attached hydrogen (secondary N) is 1. The quantitative estimate of drug-likeness (QED) is 0.393. The van der Waals surface area contributed by atoms with E-state index in [1.54, 1.807) is 25.1 Å². The molecule has 2 aliphatic heterocycles. The van der Waals surface area contributed by atoms with E-state index in [-0.39, 0.29) is 65.4 Å². The molecule has 0 radical (unpaired) electrons. The van der Waals surface area contributed by atoms with Crippen LogP contribution in [0.15, 0.2) is 45.7 Å². The highest BCUT2D eigenvalue weighted by Gasteiger charge is 2.61. The van der Waals surface area contributed by atoms with Crippen LogP contribution in [-0.4, -0.2) is 58.9 Å². The highest BCUT2D eigenvalue weighted by atomic mass is 79.9. The monoisotopic (exact) mass is 613 g/mol. The van der Waals surface area contributed by atoms with Gasteiger partial charge in [-0.25, -0.2) is 0 Å². The molecule has 1 aromatic heterocycles. The minimum atomic E-state index is -0.897. The SMILES string of the molecule is CCOC(=O)[C@]12CC(=O)[C@@H]3C[C@@H](Oc4[nH]c5ccccc5c(=O)c4Br)CN3C(=O)[C@@H](N)CCCCC/C=C\[C@@H]1C2. The van der Waals surface area contributed by atoms with Gasteiger partial charge in [-0.2, -0.15) is 0 Å². The third-order valence-corrected chi connectivity index (χ3v) is 9.12. The van der Waals surface area contributed by atoms with Crippen LogP contribution in [0.4, 0.5) is 0 Å². The molecule has 214 valence electrons. The lowest BCUT2D eigenvalue weighted by Gasteiger charge is -2.27. The number of aromatic nitrogens is 1. The zero-order valence-electron chi connectivity index (χ0n) is 22.7. The van der Waals surface area contributed by atoms with Crippen molar-refractivity contribution in [2.45, 2.75) is 76.5 Å². The van der Waals surface area contributed by atoms with Crippen molar-refractivity contribution < 1.29 is 23.9 Å². The number of ketones is 1. The number of benzene rings is 1. The maximum absolute atomic E-state index is 13.8. The van der Waals surface area contributed by atoms with Crippen LogP contribution in [0.5, 0.6) is 5.88 Å². The lowest BCUT2D eigenvalue weighted by atomic mass is 9.91. The molecule has 3 N–H and O–H groups in total. The number of nitrogens with two attached hydrogens (primary N) is 1. The van der Waals surface area contributed by atoms with Crippen LogP contribution in [-0.2, 0) is 19.1 Å². The van der Waals surface area contributed by atoms with Gasteiger partial charge in [0, 0.05) is 18.2 Å². The second-order valence-electron chi connectivity index (χ2n) is 11.1. The Bertz CT molecular complexity index is 1390. The van der Waals surface area contributed by atoms with E-state index in [2.05, 4.69) is 27.0 Å². The number of rotatable bonds is 4. The fourth-order valence-corrected chi connectivity index (χ4v) is 6.47. The van der Waals surface area contributed by atoms with Gasteiger partial charge in [0.1, 0.15) is 10.6 Å². The number of aromatic amines is 1. The summed E-state index contributed by atoms with van der Waals surface area (Å²) in [5.41, 5.74) is 5.84. The molecule has 10 heteroatoms. The average molecular weight is 615 g/mol. The number of hydrogen-bond acceptors (Lipinski definition) is 7. The summed E-state index contributed by atoms with van der Waals surface area (Å²) in [7, 11) is 0. The van der Waals surface area contributed by atoms with E-state index >= 15 is 0 Å². The first kappa shape index (κ1) is 28.5. The van der Waals surface area contributed by atoms with E-state index in [4.69, 9.17) is 15.2 Å². The molecule has 0 bridgehead atoms. The van der Waals surface area contributed by atoms with E-state index in [1.165, 1.54) is 4.90 Å². The molecule has 0 spiro atoms. The van der Waals surface area contributed by atoms with E-state index in [0.717, 1.165) is 25.7 Å². The molecular weight excluding hydrogens is 578 g/mol. The fourth-order valence-electron chi connectivity index (χ4n) is 6.07. The lowest BCUT2D eigenvalue weighted by Crippen LogP contribution is -2.49. The number of pyridine rings is 1. The highest BCUT2D eigenvalue weighted by molar-refractivity contribution is 9.10. The molecule has 0 unspecified atom stereocenters. The largest absolute Gasteiger partial charge is 0.473 e. The summed E-state index contributed by atoms with van der Waals surface area (Å²) in [5.74, 6) is -0.659. The Morgan fingerprint density at radius 2 is 2.00 bits per heavy atom. The first-order chi connectivity index (χ1) is 19.2. The van der Waals surface area contributed by atoms with Gasteiger partial charge in [0.25, 0.3) is 0 Å². The van der Waals surface area contributed by atoms with Gasteiger partial charge in [-0.05, 0) is 66.6 Å². The predicted octanol–water partition coefficient (Wildman–Crippen LogP) is 4.02. The van der Waals surface area contributed by atoms with Gasteiger partial charge in [-0.15, -0.1) is 0 Å². The third kappa shape index (κ3) is 5.61. The number of hydrogen-bond donors (Lipinski definition) is 2. The lowest BCUT2D eigenvalue weighted by molar-refractivity contribution is -0.152. The second-order valence-corrected chi connectivity index (χ2v) is 11.9. The second kappa shape index (κ2) is 11.9. The van der Waals surface area contributed by atoms with Crippen molar-refractivity contribution >= 4 is 44.5 Å². The first-order valence-corrected chi connectivity index (χ1v) is 14.9. The Hall–Kier alpha value is -2.98. The normalized spacial score (nSPS) is 30.1. The number of ether oxygens (including phenoxy) is 2. The molecular formula is C30H36BrN3O6. The summed E-state index contributed by atoms with van der Waals surface area (Å²) >= 11 is 3.36. The predicted molar refractivity (Wildman–Crippen MR) is 154 cm³/mol. The number of Topliss-reactive ketones (excluding diaryl/α,β-unsaturated/α-hetero) is 1. The summed E-state index contributed by atoms with van der Waals surface area (Å²) in [5, 5.41) is 0.523. The molecule has 9 nitrogen and oxygen atoms in total. The Morgan fingerprint density at radius 3 is 2.80 bits per heavy atom. The van der Waals surface area contributed by atoms with Crippen molar-refractivity contribution in [1.82, 2.24) is 9.88 Å². The molecule has 1 aliphatic carbocycles. The van der Waals surface area contributed by atoms with Gasteiger partial charge in [-0.1, -0.05) is 37.1 Å². The maximum atomic E-state index is 13.8. The van der Waals surface area contributed by atoms with Crippen LogP contribution >= 0.6 is 15.9 Å². The van der Waals surface area contributed by atoms with Gasteiger partial charge in [-0.3, -0.25) is 19.2 Å². The molecule has 2 aromatic rings. The molecule has 3 aliphatic rings. The van der Waals surface area contributed by atoms with E-state index in [9.17, 15) is 19.2 Å². The highest BCUT2D eigenvalue weighted by Crippen LogP contribution is 2.57. The van der Waals surface area contributed by atoms with E-state index < -0.39 is 23.6 Å². The number of para-hydroxylation sites is 1. The minimum absolute atomic E-state index is 0.00620. The van der Waals surface area contributed by atoms with Gasteiger partial charge >= 0.3 is 5.97 Å². The summed E-state index contributed by atoms with van der Waals surface area (Å²) < 4.78 is 11.9. The average Bonchev–Trinajstić information content (AvgIpc) is 3.47. The molecule has 1 saturated heterocycles. The molecule has 1 amide bonds. The molecule has 2 fully saturated rings. The Balaban J connectivity index is 1.43. The van der Waals surface area contributed by atoms with Crippen molar-refractivity contribution in [2.24, 2.45) is 17.1 Å². The fraction of sp³-hybridized carbons (Fsp3) is 0.533. The smallest absolute Gasteiger partial charge is 0.313 e. The van der Waals surface area contributed by atoms with Crippen LogP contribution in [0, 0.1) is 11.3 Å². The zero-order valence-corrected chi connectivity index (χ0v) is 24.3. The van der Waals surface area contributed by atoms with Gasteiger partial charge in [0.05, 0.1) is 36.2 Å². The molecule has 1 saturated carbocycles. The zero-order chi connectivity index (χ0) is 28.4. The summed E-state index contributed by atoms with van der Waals surface area (Å²) in [4.78, 5) is 58.0. The van der Waals surface area contributed by atoms with Crippen LogP contribution in [0.3, 0.4) is 0 Å². The number of fused-ring (bicyclic) bond motifs is 3. The Kier molecular flexibility index (Phi) is 8.47. The number of carbonyl (C=O) groups excluding carboxylic acids is 3. The van der Waals surface area contributed by atoms with Crippen LogP contribution in [0.2, 0.25) is 0 Å². The minimum Gasteiger partial charge on any atom is -0.473 e. The molecule has 1 aromatic carbocycles. The van der Waals surface area contributed by atoms with Crippen molar-refractivity contribution in [3.05, 3.63) is 51.1 Å². The molecule has 5 atom stereocenters. The summed E-state index contributed by atoms with van der Waals surface area (Å²) in [6.45, 7) is 2.15. The summed E-state index contributed by atoms with van der Waals surface area (Å²) in [6, 6.07) is 5.62. The van der Waals surface area contributed by atoms with E-state index in [0.29, 0.717) is 23.7 Å². The first-order valence-electron chi connectivity index (χ1n) is 14.1. The Morgan fingerprint density at radius 1 is 1.20 bits per heavy atom. The van der Waals surface area contributed by atoms with Crippen LogP contribution in [0.25, 0.3) is 10.9 Å². The van der Waals surface area contributed by atoms with Gasteiger partial charge in [0.15, 0.2) is 5.78 Å². The summed E-state index contributed by atoms with van der Waals surface area (Å²) in [6.07, 6.45) is 8.51. The Labute approximate surface area is 241 Å². The van der Waals surface area contributed by atoms with Crippen molar-refractivity contribution in [3.63, 3.8) is 0 Å². The molecule has 3 heterocycles. The number of carbonyl (C=O) groups is 3. The van der Waals surface area contributed by atoms with Crippen LogP contribution < -0.4 is 15.9 Å². The van der Waals surface area contributed by atoms with Crippen molar-refractivity contribution in [1.29, 1.82) is 0 Å².